The van der Waals surface area contributed by atoms with Gasteiger partial charge in [0.25, 0.3) is 0 Å². The molecule has 0 aliphatic heterocycles. The smallest absolute Gasteiger partial charge is 0.165 e. The van der Waals surface area contributed by atoms with Gasteiger partial charge in [-0.15, -0.1) is 0 Å². The lowest BCUT2D eigenvalue weighted by atomic mass is 10.1. The molecule has 0 amide bonds. The van der Waals surface area contributed by atoms with Gasteiger partial charge in [0.1, 0.15) is 0 Å². The van der Waals surface area contributed by atoms with Crippen LogP contribution in [0.15, 0.2) is 48.7 Å². The Labute approximate surface area is 165 Å². The highest BCUT2D eigenvalue weighted by molar-refractivity contribution is 5.64. The number of aromatic nitrogens is 2. The number of aliphatic hydroxyl groups is 1. The van der Waals surface area contributed by atoms with Crippen molar-refractivity contribution < 1.29 is 14.2 Å². The molecule has 0 aliphatic carbocycles. The van der Waals surface area contributed by atoms with Gasteiger partial charge in [-0.3, -0.25) is 4.90 Å². The summed E-state index contributed by atoms with van der Waals surface area (Å²) < 4.78 is 21.2. The Bertz CT molecular complexity index is 955. The maximum Gasteiger partial charge on any atom is 0.165 e. The molecule has 0 saturated carbocycles. The van der Waals surface area contributed by atoms with E-state index in [9.17, 15) is 9.50 Å². The fraction of sp³-hybridized carbons (Fsp3) is 0.318. The molecular formula is C22H26FN3O2. The van der Waals surface area contributed by atoms with Gasteiger partial charge < -0.3 is 9.84 Å². The first-order valence-corrected chi connectivity index (χ1v) is 9.24. The maximum absolute atomic E-state index is 14.3. The van der Waals surface area contributed by atoms with Crippen LogP contribution >= 0.6 is 0 Å². The first kappa shape index (κ1) is 20.0. The number of ether oxygens (including phenoxy) is 1. The van der Waals surface area contributed by atoms with Crippen molar-refractivity contribution >= 4 is 0 Å². The van der Waals surface area contributed by atoms with Crippen LogP contribution in [0, 0.1) is 12.7 Å². The van der Waals surface area contributed by atoms with Gasteiger partial charge in [-0.1, -0.05) is 18.2 Å². The number of likely N-dealkylation sites (N-methyl/N-ethyl adjacent to an activating group) is 1. The van der Waals surface area contributed by atoms with Crippen molar-refractivity contribution in [2.45, 2.75) is 26.4 Å². The van der Waals surface area contributed by atoms with Crippen LogP contribution in [0.3, 0.4) is 0 Å². The van der Waals surface area contributed by atoms with E-state index in [0.29, 0.717) is 17.8 Å². The highest BCUT2D eigenvalue weighted by Gasteiger charge is 2.18. The number of rotatable bonds is 7. The van der Waals surface area contributed by atoms with Gasteiger partial charge in [0.05, 0.1) is 25.1 Å². The van der Waals surface area contributed by atoms with Crippen LogP contribution in [-0.4, -0.2) is 46.6 Å². The zero-order valence-corrected chi connectivity index (χ0v) is 16.7. The number of hydrogen-bond donors (Lipinski definition) is 1. The summed E-state index contributed by atoms with van der Waals surface area (Å²) in [6, 6.07) is 12.9. The third-order valence-electron chi connectivity index (χ3n) is 5.01. The second-order valence-electron chi connectivity index (χ2n) is 7.03. The summed E-state index contributed by atoms with van der Waals surface area (Å²) in [6.07, 6.45) is 1.97. The Morgan fingerprint density at radius 1 is 1.25 bits per heavy atom. The Morgan fingerprint density at radius 2 is 2.00 bits per heavy atom. The molecule has 0 radical (unpaired) electrons. The van der Waals surface area contributed by atoms with E-state index in [1.54, 1.807) is 6.07 Å². The van der Waals surface area contributed by atoms with E-state index in [2.05, 4.69) is 0 Å². The van der Waals surface area contributed by atoms with E-state index in [1.165, 1.54) is 13.2 Å². The lowest BCUT2D eigenvalue weighted by Gasteiger charge is -2.22. The van der Waals surface area contributed by atoms with Crippen LogP contribution in [0.5, 0.6) is 5.75 Å². The van der Waals surface area contributed by atoms with E-state index < -0.39 is 5.82 Å². The van der Waals surface area contributed by atoms with Gasteiger partial charge in [0.15, 0.2) is 11.6 Å². The zero-order chi connectivity index (χ0) is 20.3. The van der Waals surface area contributed by atoms with E-state index in [1.807, 2.05) is 67.0 Å². The second-order valence-corrected chi connectivity index (χ2v) is 7.03. The molecule has 0 bridgehead atoms. The minimum absolute atomic E-state index is 0.00210. The van der Waals surface area contributed by atoms with Gasteiger partial charge in [-0.05, 0) is 50.7 Å². The normalized spacial score (nSPS) is 12.4. The van der Waals surface area contributed by atoms with Crippen molar-refractivity contribution in [1.82, 2.24) is 14.7 Å². The number of para-hydroxylation sites is 1. The van der Waals surface area contributed by atoms with Gasteiger partial charge >= 0.3 is 0 Å². The quantitative estimate of drug-likeness (QED) is 0.674. The second kappa shape index (κ2) is 8.54. The molecule has 5 nitrogen and oxygen atoms in total. The topological polar surface area (TPSA) is 50.5 Å². The van der Waals surface area contributed by atoms with Crippen molar-refractivity contribution in [3.8, 4) is 22.7 Å². The standard InChI is InChI=1S/C22H26FN3O2/c1-15-7-5-6-8-20(15)26-13-18(12-25(3)16(2)14-27)22(24-26)17-9-10-21(28-4)19(23)11-17/h5-11,13,16,27H,12,14H2,1-4H3/t16-/m1/s1. The highest BCUT2D eigenvalue weighted by atomic mass is 19.1. The minimum Gasteiger partial charge on any atom is -0.494 e. The predicted molar refractivity (Wildman–Crippen MR) is 108 cm³/mol. The van der Waals surface area contributed by atoms with E-state index >= 15 is 0 Å². The van der Waals surface area contributed by atoms with Crippen molar-refractivity contribution in [2.24, 2.45) is 0 Å². The van der Waals surface area contributed by atoms with Crippen LogP contribution in [0.2, 0.25) is 0 Å². The summed E-state index contributed by atoms with van der Waals surface area (Å²) in [4.78, 5) is 2.04. The number of aliphatic hydroxyl groups excluding tert-OH is 1. The van der Waals surface area contributed by atoms with Gasteiger partial charge in [-0.25, -0.2) is 9.07 Å². The molecule has 148 valence electrons. The number of hydrogen-bond acceptors (Lipinski definition) is 4. The fourth-order valence-electron chi connectivity index (χ4n) is 3.09. The Hall–Kier alpha value is -2.70. The Kier molecular flexibility index (Phi) is 6.11. The largest absolute Gasteiger partial charge is 0.494 e. The van der Waals surface area contributed by atoms with Gasteiger partial charge in [0.2, 0.25) is 0 Å². The Balaban J connectivity index is 2.08. The molecule has 0 saturated heterocycles. The molecule has 6 heteroatoms. The molecule has 1 atom stereocenters. The molecular weight excluding hydrogens is 357 g/mol. The lowest BCUT2D eigenvalue weighted by molar-refractivity contribution is 0.154. The monoisotopic (exact) mass is 383 g/mol. The maximum atomic E-state index is 14.3. The van der Waals surface area contributed by atoms with Crippen LogP contribution in [-0.2, 0) is 6.54 Å². The summed E-state index contributed by atoms with van der Waals surface area (Å²) in [5.41, 5.74) is 4.42. The zero-order valence-electron chi connectivity index (χ0n) is 16.7. The van der Waals surface area contributed by atoms with E-state index in [4.69, 9.17) is 9.84 Å². The number of aryl methyl sites for hydroxylation is 1. The molecule has 2 aromatic carbocycles. The molecule has 3 aromatic rings. The first-order valence-electron chi connectivity index (χ1n) is 9.24. The molecule has 0 fully saturated rings. The Morgan fingerprint density at radius 3 is 2.64 bits per heavy atom. The molecule has 1 aromatic heterocycles. The van der Waals surface area contributed by atoms with Crippen molar-refractivity contribution in [3.05, 3.63) is 65.6 Å². The third-order valence-corrected chi connectivity index (χ3v) is 5.01. The van der Waals surface area contributed by atoms with Crippen LogP contribution in [0.4, 0.5) is 4.39 Å². The first-order chi connectivity index (χ1) is 13.4. The summed E-state index contributed by atoms with van der Waals surface area (Å²) in [6.45, 7) is 4.63. The summed E-state index contributed by atoms with van der Waals surface area (Å²) >= 11 is 0. The average Bonchev–Trinajstić information content (AvgIpc) is 3.11. The molecule has 0 unspecified atom stereocenters. The van der Waals surface area contributed by atoms with Gasteiger partial charge in [-0.2, -0.15) is 5.10 Å². The summed E-state index contributed by atoms with van der Waals surface area (Å²) in [5, 5.41) is 14.2. The fourth-order valence-corrected chi connectivity index (χ4v) is 3.09. The molecule has 28 heavy (non-hydrogen) atoms. The SMILES string of the molecule is COc1ccc(-c2nn(-c3ccccc3C)cc2CN(C)[C@H](C)CO)cc1F. The number of halogens is 1. The molecule has 1 N–H and O–H groups in total. The predicted octanol–water partition coefficient (Wildman–Crippen LogP) is 3.81. The van der Waals surface area contributed by atoms with E-state index in [-0.39, 0.29) is 18.4 Å². The number of nitrogens with zero attached hydrogens (tertiary/aromatic N) is 3. The van der Waals surface area contributed by atoms with Crippen molar-refractivity contribution in [2.75, 3.05) is 20.8 Å². The van der Waals surface area contributed by atoms with Crippen LogP contribution in [0.1, 0.15) is 18.1 Å². The average molecular weight is 383 g/mol. The lowest BCUT2D eigenvalue weighted by Crippen LogP contribution is -2.31. The molecule has 0 aliphatic rings. The number of methoxy groups -OCH3 is 1. The summed E-state index contributed by atoms with van der Waals surface area (Å²) in [7, 11) is 3.39. The van der Waals surface area contributed by atoms with Crippen LogP contribution < -0.4 is 4.74 Å². The number of benzene rings is 2. The molecule has 1 heterocycles. The minimum atomic E-state index is -0.423. The third kappa shape index (κ3) is 4.08. The van der Waals surface area contributed by atoms with E-state index in [0.717, 1.165) is 16.8 Å². The molecule has 0 spiro atoms. The highest BCUT2D eigenvalue weighted by Crippen LogP contribution is 2.29. The summed E-state index contributed by atoms with van der Waals surface area (Å²) in [5.74, 6) is -0.219. The van der Waals surface area contributed by atoms with Crippen molar-refractivity contribution in [3.63, 3.8) is 0 Å². The van der Waals surface area contributed by atoms with Crippen molar-refractivity contribution in [1.29, 1.82) is 0 Å². The van der Waals surface area contributed by atoms with Crippen LogP contribution in [0.25, 0.3) is 16.9 Å². The van der Waals surface area contributed by atoms with Gasteiger partial charge in [0, 0.05) is 29.9 Å². The molecule has 3 rings (SSSR count).